The molecule has 2 N–H and O–H groups in total. The van der Waals surface area contributed by atoms with Crippen molar-refractivity contribution in [2.45, 2.75) is 31.9 Å². The largest absolute Gasteiger partial charge is 0.395 e. The second-order valence-electron chi connectivity index (χ2n) is 4.26. The number of hydrogen-bond acceptors (Lipinski definition) is 4. The lowest BCUT2D eigenvalue weighted by Crippen LogP contribution is -2.42. The first-order chi connectivity index (χ1) is 8.26. The zero-order chi connectivity index (χ0) is 12.3. The fourth-order valence-corrected chi connectivity index (χ4v) is 2.20. The van der Waals surface area contributed by atoms with Crippen LogP contribution in [-0.2, 0) is 6.61 Å². The summed E-state index contributed by atoms with van der Waals surface area (Å²) in [6.45, 7) is 0.518. The number of pyridine rings is 1. The molecular weight excluding hydrogens is 240 g/mol. The van der Waals surface area contributed by atoms with Crippen LogP contribution in [0.25, 0.3) is 0 Å². The first-order valence-electron chi connectivity index (χ1n) is 5.90. The van der Waals surface area contributed by atoms with Gasteiger partial charge in [0.2, 0.25) is 0 Å². The summed E-state index contributed by atoms with van der Waals surface area (Å²) >= 11 is 5.92. The lowest BCUT2D eigenvalue weighted by Gasteiger charge is -2.38. The third kappa shape index (κ3) is 2.70. The van der Waals surface area contributed by atoms with Crippen LogP contribution in [0.15, 0.2) is 12.1 Å². The number of hydrogen-bond donors (Lipinski definition) is 2. The highest BCUT2D eigenvalue weighted by molar-refractivity contribution is 6.31. The molecule has 94 valence electrons. The van der Waals surface area contributed by atoms with Gasteiger partial charge in [-0.1, -0.05) is 11.6 Å². The van der Waals surface area contributed by atoms with E-state index >= 15 is 0 Å². The van der Waals surface area contributed by atoms with Crippen LogP contribution >= 0.6 is 11.6 Å². The lowest BCUT2D eigenvalue weighted by molar-refractivity contribution is 0.275. The Bertz CT molecular complexity index is 383. The second-order valence-corrected chi connectivity index (χ2v) is 4.67. The van der Waals surface area contributed by atoms with Crippen LogP contribution in [0.2, 0.25) is 5.02 Å². The van der Waals surface area contributed by atoms with Crippen molar-refractivity contribution in [2.75, 3.05) is 18.1 Å². The van der Waals surface area contributed by atoms with Crippen LogP contribution in [0.3, 0.4) is 0 Å². The van der Waals surface area contributed by atoms with E-state index in [1.54, 1.807) is 6.07 Å². The highest BCUT2D eigenvalue weighted by Gasteiger charge is 2.25. The summed E-state index contributed by atoms with van der Waals surface area (Å²) in [6.07, 6.45) is 3.50. The molecule has 5 heteroatoms. The van der Waals surface area contributed by atoms with E-state index in [1.165, 1.54) is 6.42 Å². The van der Waals surface area contributed by atoms with Crippen molar-refractivity contribution < 1.29 is 10.2 Å². The van der Waals surface area contributed by atoms with Crippen molar-refractivity contribution in [3.63, 3.8) is 0 Å². The van der Waals surface area contributed by atoms with Crippen LogP contribution in [-0.4, -0.2) is 34.4 Å². The molecular formula is C12H17ClN2O2. The number of nitrogens with zero attached hydrogens (tertiary/aromatic N) is 2. The fourth-order valence-electron chi connectivity index (χ4n) is 2.03. The molecule has 1 aliphatic rings. The van der Waals surface area contributed by atoms with Crippen LogP contribution < -0.4 is 4.90 Å². The summed E-state index contributed by atoms with van der Waals surface area (Å²) in [4.78, 5) is 6.44. The zero-order valence-corrected chi connectivity index (χ0v) is 10.4. The molecule has 0 spiro atoms. The fraction of sp³-hybridized carbons (Fsp3) is 0.583. The summed E-state index contributed by atoms with van der Waals surface area (Å²) in [7, 11) is 0. The van der Waals surface area contributed by atoms with E-state index in [4.69, 9.17) is 21.8 Å². The Hall–Kier alpha value is -0.840. The molecule has 0 aromatic carbocycles. The van der Waals surface area contributed by atoms with Crippen LogP contribution in [0.1, 0.15) is 25.0 Å². The average Bonchev–Trinajstić information content (AvgIpc) is 2.27. The van der Waals surface area contributed by atoms with Gasteiger partial charge in [0.25, 0.3) is 0 Å². The van der Waals surface area contributed by atoms with Crippen molar-refractivity contribution in [1.29, 1.82) is 0 Å². The number of rotatable bonds is 5. The minimum atomic E-state index is -0.162. The SMILES string of the molecule is OCCN(c1ccc(Cl)c(CO)n1)C1CCC1. The highest BCUT2D eigenvalue weighted by atomic mass is 35.5. The summed E-state index contributed by atoms with van der Waals surface area (Å²) in [5.74, 6) is 0.789. The van der Waals surface area contributed by atoms with Gasteiger partial charge in [-0.05, 0) is 31.4 Å². The molecule has 1 fully saturated rings. The number of aliphatic hydroxyl groups is 2. The highest BCUT2D eigenvalue weighted by Crippen LogP contribution is 2.29. The van der Waals surface area contributed by atoms with Gasteiger partial charge in [0.1, 0.15) is 5.82 Å². The maximum Gasteiger partial charge on any atom is 0.129 e. The molecule has 0 radical (unpaired) electrons. The molecule has 1 aliphatic carbocycles. The topological polar surface area (TPSA) is 56.6 Å². The molecule has 17 heavy (non-hydrogen) atoms. The van der Waals surface area contributed by atoms with Crippen LogP contribution in [0.4, 0.5) is 5.82 Å². The number of aliphatic hydroxyl groups excluding tert-OH is 2. The normalized spacial score (nSPS) is 15.7. The third-order valence-electron chi connectivity index (χ3n) is 3.20. The van der Waals surface area contributed by atoms with E-state index in [1.807, 2.05) is 6.07 Å². The predicted molar refractivity (Wildman–Crippen MR) is 67.2 cm³/mol. The minimum absolute atomic E-state index is 0.106. The molecule has 4 nitrogen and oxygen atoms in total. The molecule has 2 rings (SSSR count). The van der Waals surface area contributed by atoms with E-state index in [9.17, 15) is 0 Å². The van der Waals surface area contributed by atoms with Gasteiger partial charge in [0, 0.05) is 12.6 Å². The maximum absolute atomic E-state index is 9.15. The van der Waals surface area contributed by atoms with Gasteiger partial charge in [-0.15, -0.1) is 0 Å². The van der Waals surface area contributed by atoms with E-state index < -0.39 is 0 Å². The Balaban J connectivity index is 2.22. The number of anilines is 1. The summed E-state index contributed by atoms with van der Waals surface area (Å²) < 4.78 is 0. The Kier molecular flexibility index (Phi) is 4.20. The zero-order valence-electron chi connectivity index (χ0n) is 9.64. The van der Waals surface area contributed by atoms with Gasteiger partial charge in [-0.25, -0.2) is 4.98 Å². The van der Waals surface area contributed by atoms with Gasteiger partial charge in [-0.2, -0.15) is 0 Å². The standard InChI is InChI=1S/C12H17ClN2O2/c13-10-4-5-12(14-11(10)8-17)15(6-7-16)9-2-1-3-9/h4-5,9,16-17H,1-3,6-8H2. The van der Waals surface area contributed by atoms with Gasteiger partial charge in [0.05, 0.1) is 23.9 Å². The van der Waals surface area contributed by atoms with Crippen molar-refractivity contribution in [3.8, 4) is 0 Å². The summed E-state index contributed by atoms with van der Waals surface area (Å²) in [5.41, 5.74) is 0.492. The maximum atomic E-state index is 9.15. The second kappa shape index (κ2) is 5.67. The van der Waals surface area contributed by atoms with Crippen molar-refractivity contribution in [3.05, 3.63) is 22.8 Å². The monoisotopic (exact) mass is 256 g/mol. The van der Waals surface area contributed by atoms with Crippen LogP contribution in [0.5, 0.6) is 0 Å². The molecule has 0 bridgehead atoms. The molecule has 0 amide bonds. The predicted octanol–water partition coefficient (Wildman–Crippen LogP) is 1.58. The molecule has 0 unspecified atom stereocenters. The van der Waals surface area contributed by atoms with E-state index in [0.29, 0.717) is 23.3 Å². The molecule has 0 atom stereocenters. The van der Waals surface area contributed by atoms with Crippen molar-refractivity contribution in [2.24, 2.45) is 0 Å². The molecule has 1 heterocycles. The molecule has 1 aromatic rings. The average molecular weight is 257 g/mol. The van der Waals surface area contributed by atoms with Crippen molar-refractivity contribution >= 4 is 17.4 Å². The molecule has 0 aliphatic heterocycles. The summed E-state index contributed by atoms with van der Waals surface area (Å²) in [5, 5.41) is 18.7. The Morgan fingerprint density at radius 3 is 2.65 bits per heavy atom. The third-order valence-corrected chi connectivity index (χ3v) is 3.55. The summed E-state index contributed by atoms with van der Waals surface area (Å²) in [6, 6.07) is 4.05. The Morgan fingerprint density at radius 1 is 1.35 bits per heavy atom. The van der Waals surface area contributed by atoms with Gasteiger partial charge < -0.3 is 15.1 Å². The first kappa shape index (κ1) is 12.6. The van der Waals surface area contributed by atoms with Crippen molar-refractivity contribution in [1.82, 2.24) is 4.98 Å². The van der Waals surface area contributed by atoms with Crippen LogP contribution in [0, 0.1) is 0 Å². The van der Waals surface area contributed by atoms with Gasteiger partial charge in [-0.3, -0.25) is 0 Å². The van der Waals surface area contributed by atoms with Gasteiger partial charge in [0.15, 0.2) is 0 Å². The quantitative estimate of drug-likeness (QED) is 0.840. The Morgan fingerprint density at radius 2 is 2.12 bits per heavy atom. The Labute approximate surface area is 106 Å². The number of halogens is 1. The molecule has 0 saturated heterocycles. The molecule has 1 aromatic heterocycles. The number of aromatic nitrogens is 1. The van der Waals surface area contributed by atoms with E-state index in [2.05, 4.69) is 9.88 Å². The smallest absolute Gasteiger partial charge is 0.129 e. The van der Waals surface area contributed by atoms with E-state index in [-0.39, 0.29) is 13.2 Å². The van der Waals surface area contributed by atoms with Gasteiger partial charge >= 0.3 is 0 Å². The lowest BCUT2D eigenvalue weighted by atomic mass is 9.91. The first-order valence-corrected chi connectivity index (χ1v) is 6.28. The molecule has 1 saturated carbocycles. The minimum Gasteiger partial charge on any atom is -0.395 e. The van der Waals surface area contributed by atoms with E-state index in [0.717, 1.165) is 18.7 Å².